The zero-order chi connectivity index (χ0) is 19.2. The van der Waals surface area contributed by atoms with Crippen molar-refractivity contribution in [2.24, 2.45) is 5.90 Å². The normalized spacial score (nSPS) is 29.0. The summed E-state index contributed by atoms with van der Waals surface area (Å²) in [5.41, 5.74) is 3.96. The summed E-state index contributed by atoms with van der Waals surface area (Å²) in [4.78, 5) is 20.6. The lowest BCUT2D eigenvalue weighted by Crippen LogP contribution is -2.58. The molecule has 0 bridgehead atoms. The minimum Gasteiger partial charge on any atom is -0.394 e. The smallest absolute Gasteiger partial charge is 0.351 e. The van der Waals surface area contributed by atoms with Crippen molar-refractivity contribution in [1.29, 1.82) is 0 Å². The van der Waals surface area contributed by atoms with Gasteiger partial charge in [0, 0.05) is 6.20 Å². The lowest BCUT2D eigenvalue weighted by molar-refractivity contribution is -0.0784. The Labute approximate surface area is 147 Å². The van der Waals surface area contributed by atoms with Crippen LogP contribution in [0.2, 0.25) is 18.1 Å². The summed E-state index contributed by atoms with van der Waals surface area (Å²) in [6.45, 7) is 10.2. The van der Waals surface area contributed by atoms with E-state index in [1.807, 2.05) is 13.1 Å². The van der Waals surface area contributed by atoms with E-state index in [-0.39, 0.29) is 10.9 Å². The summed E-state index contributed by atoms with van der Waals surface area (Å²) < 4.78 is 6.96. The molecule has 0 radical (unpaired) electrons. The summed E-state index contributed by atoms with van der Waals surface area (Å²) >= 11 is 0. The van der Waals surface area contributed by atoms with E-state index < -0.39 is 44.0 Å². The Morgan fingerprint density at radius 3 is 2.52 bits per heavy atom. The second kappa shape index (κ2) is 6.78. The monoisotopic (exact) mass is 372 g/mol. The van der Waals surface area contributed by atoms with E-state index in [9.17, 15) is 15.0 Å². The maximum Gasteiger partial charge on any atom is 0.351 e. The Morgan fingerprint density at radius 2 is 2.04 bits per heavy atom. The maximum atomic E-state index is 12.1. The largest absolute Gasteiger partial charge is 0.394 e. The molecule has 1 aromatic heterocycles. The molecule has 142 valence electrons. The van der Waals surface area contributed by atoms with Crippen LogP contribution >= 0.6 is 0 Å². The van der Waals surface area contributed by atoms with Gasteiger partial charge in [-0.3, -0.25) is 9.40 Å². The number of nitrogens with two attached hydrogens (primary N) is 2. The Bertz CT molecular complexity index is 675. The molecule has 0 saturated carbocycles. The van der Waals surface area contributed by atoms with Crippen molar-refractivity contribution in [3.05, 3.63) is 22.7 Å². The first-order valence-corrected chi connectivity index (χ1v) is 11.2. The van der Waals surface area contributed by atoms with Crippen LogP contribution in [0.5, 0.6) is 0 Å². The molecule has 2 rings (SSSR count). The van der Waals surface area contributed by atoms with Gasteiger partial charge in [0.1, 0.15) is 24.1 Å². The van der Waals surface area contributed by atoms with E-state index in [2.05, 4.69) is 25.8 Å². The molecule has 10 heteroatoms. The summed E-state index contributed by atoms with van der Waals surface area (Å²) in [5.74, 6) is 5.42. The third-order valence-electron chi connectivity index (χ3n) is 5.52. The molecule has 9 nitrogen and oxygen atoms in total. The molecule has 25 heavy (non-hydrogen) atoms. The van der Waals surface area contributed by atoms with E-state index in [1.54, 1.807) is 0 Å². The molecule has 0 aromatic carbocycles. The minimum atomic E-state index is -2.25. The third kappa shape index (κ3) is 3.50. The van der Waals surface area contributed by atoms with Crippen molar-refractivity contribution in [2.75, 3.05) is 5.73 Å². The van der Waals surface area contributed by atoms with Gasteiger partial charge in [0.25, 0.3) is 0 Å². The number of nitrogen functional groups attached to an aromatic ring is 1. The number of aliphatic hydroxyl groups is 2. The van der Waals surface area contributed by atoms with E-state index >= 15 is 0 Å². The van der Waals surface area contributed by atoms with E-state index in [1.165, 1.54) is 12.3 Å². The van der Waals surface area contributed by atoms with Crippen LogP contribution in [-0.2, 0) is 9.57 Å². The van der Waals surface area contributed by atoms with Crippen LogP contribution in [0.15, 0.2) is 17.1 Å². The molecule has 1 fully saturated rings. The highest BCUT2D eigenvalue weighted by Crippen LogP contribution is 2.42. The van der Waals surface area contributed by atoms with Crippen LogP contribution in [0, 0.1) is 0 Å². The molecule has 0 spiro atoms. The number of aromatic nitrogens is 2. The van der Waals surface area contributed by atoms with Gasteiger partial charge in [0.05, 0.1) is 13.8 Å². The van der Waals surface area contributed by atoms with Crippen LogP contribution in [-0.4, -0.2) is 51.9 Å². The molecule has 1 saturated heterocycles. The molecule has 1 unspecified atom stereocenters. The van der Waals surface area contributed by atoms with Gasteiger partial charge < -0.3 is 20.7 Å². The summed E-state index contributed by atoms with van der Waals surface area (Å²) in [7, 11) is -2.25. The molecule has 6 N–H and O–H groups in total. The van der Waals surface area contributed by atoms with Gasteiger partial charge in [-0.15, -0.1) is 0 Å². The molecule has 5 atom stereocenters. The molecule has 1 aliphatic rings. The Morgan fingerprint density at radius 1 is 1.44 bits per heavy atom. The van der Waals surface area contributed by atoms with Crippen LogP contribution in [0.1, 0.15) is 27.0 Å². The van der Waals surface area contributed by atoms with Crippen molar-refractivity contribution in [3.8, 4) is 0 Å². The van der Waals surface area contributed by atoms with Gasteiger partial charge in [0.15, 0.2) is 6.23 Å². The van der Waals surface area contributed by atoms with Crippen molar-refractivity contribution < 1.29 is 19.8 Å². The number of anilines is 1. The van der Waals surface area contributed by atoms with E-state index in [4.69, 9.17) is 21.2 Å². The topological polar surface area (TPSA) is 146 Å². The molecule has 2 heterocycles. The van der Waals surface area contributed by atoms with Crippen molar-refractivity contribution in [3.63, 3.8) is 0 Å². The molecule has 1 aromatic rings. The number of ether oxygens (including phenoxy) is 1. The average molecular weight is 372 g/mol. The van der Waals surface area contributed by atoms with E-state index in [0.29, 0.717) is 0 Å². The first-order valence-electron chi connectivity index (χ1n) is 8.13. The standard InChI is InChI=1S/C15H28N4O5Si/c1-15(2,3)25(4,5)13(21)11-10(24-17)9(20)12(23-11)19-7-6-8(16)18-14(19)22/h6-7,9-13,20-21H,17H2,1-5H3,(H2,16,18,22)/t9-,10+,11+,12-,13?/m1/s1. The van der Waals surface area contributed by atoms with Gasteiger partial charge in [0.2, 0.25) is 0 Å². The summed E-state index contributed by atoms with van der Waals surface area (Å²) in [6, 6.07) is 1.42. The summed E-state index contributed by atoms with van der Waals surface area (Å²) in [6.07, 6.45) is -2.77. The third-order valence-corrected chi connectivity index (χ3v) is 11.2. The summed E-state index contributed by atoms with van der Waals surface area (Å²) in [5, 5.41) is 21.4. The van der Waals surface area contributed by atoms with Crippen LogP contribution in [0.3, 0.4) is 0 Å². The number of rotatable bonds is 4. The van der Waals surface area contributed by atoms with Gasteiger partial charge in [-0.05, 0) is 11.1 Å². The molecule has 1 aliphatic heterocycles. The Balaban J connectivity index is 2.37. The molecular formula is C15H28N4O5Si. The lowest BCUT2D eigenvalue weighted by atomic mass is 10.1. The first kappa shape index (κ1) is 20.0. The second-order valence-corrected chi connectivity index (χ2v) is 13.6. The van der Waals surface area contributed by atoms with Gasteiger partial charge in [-0.2, -0.15) is 4.98 Å². The molecule has 0 amide bonds. The lowest BCUT2D eigenvalue weighted by Gasteiger charge is -2.43. The molecule has 0 aliphatic carbocycles. The highest BCUT2D eigenvalue weighted by molar-refractivity contribution is 6.81. The molecular weight excluding hydrogens is 344 g/mol. The van der Waals surface area contributed by atoms with E-state index in [0.717, 1.165) is 4.57 Å². The van der Waals surface area contributed by atoms with Gasteiger partial charge in [-0.1, -0.05) is 33.9 Å². The zero-order valence-corrected chi connectivity index (χ0v) is 16.2. The predicted molar refractivity (Wildman–Crippen MR) is 95.1 cm³/mol. The second-order valence-electron chi connectivity index (χ2n) is 8.04. The fourth-order valence-electron chi connectivity index (χ4n) is 2.79. The SMILES string of the molecule is CC(C)(C)[Si](C)(C)C(O)[C@H]1O[C@@H](n2ccc(N)nc2=O)[C@H](O)[C@@H]1ON. The van der Waals surface area contributed by atoms with Crippen molar-refractivity contribution in [1.82, 2.24) is 9.55 Å². The predicted octanol–water partition coefficient (Wildman–Crippen LogP) is -0.249. The van der Waals surface area contributed by atoms with Crippen LogP contribution in [0.4, 0.5) is 5.82 Å². The van der Waals surface area contributed by atoms with Crippen molar-refractivity contribution >= 4 is 13.9 Å². The number of aliphatic hydroxyl groups excluding tert-OH is 2. The zero-order valence-electron chi connectivity index (χ0n) is 15.2. The number of hydrogen-bond acceptors (Lipinski definition) is 8. The fraction of sp³-hybridized carbons (Fsp3) is 0.733. The van der Waals surface area contributed by atoms with Crippen LogP contribution in [0.25, 0.3) is 0 Å². The maximum absolute atomic E-state index is 12.1. The number of nitrogens with zero attached hydrogens (tertiary/aromatic N) is 2. The quantitative estimate of drug-likeness (QED) is 0.418. The highest BCUT2D eigenvalue weighted by Gasteiger charge is 2.55. The number of hydrogen-bond donors (Lipinski definition) is 4. The van der Waals surface area contributed by atoms with Crippen LogP contribution < -0.4 is 17.3 Å². The first-order chi connectivity index (χ1) is 11.4. The average Bonchev–Trinajstić information content (AvgIpc) is 2.82. The highest BCUT2D eigenvalue weighted by atomic mass is 28.3. The fourth-order valence-corrected chi connectivity index (χ4v) is 4.77. The Hall–Kier alpha value is -1.30. The Kier molecular flexibility index (Phi) is 5.43. The van der Waals surface area contributed by atoms with Crippen molar-refractivity contribution in [2.45, 2.75) is 69.2 Å². The van der Waals surface area contributed by atoms with Gasteiger partial charge in [-0.25, -0.2) is 10.7 Å². The van der Waals surface area contributed by atoms with Gasteiger partial charge >= 0.3 is 5.69 Å². The minimum absolute atomic E-state index is 0.0678.